The van der Waals surface area contributed by atoms with Gasteiger partial charge in [-0.25, -0.2) is 9.97 Å². The summed E-state index contributed by atoms with van der Waals surface area (Å²) < 4.78 is 0. The summed E-state index contributed by atoms with van der Waals surface area (Å²) in [6.45, 7) is 6.65. The van der Waals surface area contributed by atoms with Crippen LogP contribution in [0.4, 0.5) is 11.6 Å². The Morgan fingerprint density at radius 3 is 2.70 bits per heavy atom. The number of piperazine rings is 1. The molecule has 0 radical (unpaired) electrons. The van der Waals surface area contributed by atoms with E-state index in [0.717, 1.165) is 63.1 Å². The molecule has 3 N–H and O–H groups in total. The Labute approximate surface area is 194 Å². The molecule has 1 amide bonds. The summed E-state index contributed by atoms with van der Waals surface area (Å²) in [5.41, 5.74) is 2.07. The number of hydrogen-bond donors (Lipinski definition) is 3. The van der Waals surface area contributed by atoms with E-state index in [-0.39, 0.29) is 18.0 Å². The minimum Gasteiger partial charge on any atom is -0.390 e. The zero-order valence-electron chi connectivity index (χ0n) is 19.4. The first kappa shape index (κ1) is 20.9. The maximum atomic E-state index is 13.2. The summed E-state index contributed by atoms with van der Waals surface area (Å²) >= 11 is 0. The molecule has 0 aromatic carbocycles. The van der Waals surface area contributed by atoms with Gasteiger partial charge in [-0.2, -0.15) is 5.10 Å². The van der Waals surface area contributed by atoms with Crippen LogP contribution in [0.15, 0.2) is 18.5 Å². The number of amides is 1. The molecule has 0 spiro atoms. The summed E-state index contributed by atoms with van der Waals surface area (Å²) in [7, 11) is 0. The topological polar surface area (TPSA) is 110 Å². The van der Waals surface area contributed by atoms with Crippen molar-refractivity contribution in [1.29, 1.82) is 0 Å². The average molecular weight is 452 g/mol. The quantitative estimate of drug-likeness (QED) is 0.651. The van der Waals surface area contributed by atoms with Gasteiger partial charge in [-0.3, -0.25) is 9.89 Å². The van der Waals surface area contributed by atoms with Crippen molar-refractivity contribution in [2.45, 2.75) is 63.6 Å². The molecule has 33 heavy (non-hydrogen) atoms. The summed E-state index contributed by atoms with van der Waals surface area (Å²) in [5, 5.41) is 21.3. The second-order valence-corrected chi connectivity index (χ2v) is 10.8. The van der Waals surface area contributed by atoms with Crippen LogP contribution in [0.3, 0.4) is 0 Å². The van der Waals surface area contributed by atoms with E-state index in [1.165, 1.54) is 0 Å². The highest BCUT2D eigenvalue weighted by molar-refractivity contribution is 5.92. The van der Waals surface area contributed by atoms with Gasteiger partial charge in [0.25, 0.3) is 5.91 Å². The number of aryl methyl sites for hydroxylation is 1. The van der Waals surface area contributed by atoms with Crippen LogP contribution in [-0.2, 0) is 0 Å². The largest absolute Gasteiger partial charge is 0.390 e. The molecular formula is C24H33N7O2. The molecule has 176 valence electrons. The number of aromatic amines is 1. The van der Waals surface area contributed by atoms with E-state index in [0.29, 0.717) is 29.4 Å². The number of aliphatic hydroxyl groups is 1. The van der Waals surface area contributed by atoms with Gasteiger partial charge in [-0.15, -0.1) is 0 Å². The molecule has 2 aromatic heterocycles. The van der Waals surface area contributed by atoms with Crippen molar-refractivity contribution >= 4 is 17.5 Å². The Kier molecular flexibility index (Phi) is 4.87. The van der Waals surface area contributed by atoms with Crippen molar-refractivity contribution in [3.8, 4) is 0 Å². The average Bonchev–Trinajstić information content (AvgIpc) is 3.21. The molecule has 9 heteroatoms. The van der Waals surface area contributed by atoms with E-state index in [4.69, 9.17) is 0 Å². The highest BCUT2D eigenvalue weighted by atomic mass is 16.3. The standard InChI is InChI=1S/C24H33N7O2/c1-14-13-30(20-12-26-29-15(20)2)5-6-31(14)23-25-4-3-19(27-23)22(32)28-21-17-7-16-8-18(21)11-24(33,9-16)10-17/h3-4,12,14,16-18,21,33H,5-11,13H2,1-2H3,(H,26,29)(H,28,32)/t14-,16?,17?,18?,21?,24?/m1/s1. The van der Waals surface area contributed by atoms with E-state index < -0.39 is 5.60 Å². The summed E-state index contributed by atoms with van der Waals surface area (Å²) in [6.07, 6.45) is 8.46. The predicted molar refractivity (Wildman–Crippen MR) is 124 cm³/mol. The van der Waals surface area contributed by atoms with Crippen molar-refractivity contribution in [3.05, 3.63) is 29.8 Å². The normalized spacial score (nSPS) is 35.2. The number of aromatic nitrogens is 4. The third kappa shape index (κ3) is 3.66. The first-order chi connectivity index (χ1) is 15.9. The third-order valence-corrected chi connectivity index (χ3v) is 8.44. The zero-order valence-corrected chi connectivity index (χ0v) is 19.4. The fourth-order valence-electron chi connectivity index (χ4n) is 7.20. The molecule has 2 aromatic rings. The van der Waals surface area contributed by atoms with Gasteiger partial charge in [0.2, 0.25) is 5.95 Å². The van der Waals surface area contributed by atoms with Crippen LogP contribution in [0.2, 0.25) is 0 Å². The minimum atomic E-state index is -0.493. The van der Waals surface area contributed by atoms with Gasteiger partial charge in [0.1, 0.15) is 5.69 Å². The fourth-order valence-corrected chi connectivity index (χ4v) is 7.20. The van der Waals surface area contributed by atoms with Crippen LogP contribution in [0, 0.1) is 24.7 Å². The predicted octanol–water partition coefficient (Wildman–Crippen LogP) is 1.89. The molecule has 2 unspecified atom stereocenters. The molecule has 7 rings (SSSR count). The Morgan fingerprint density at radius 1 is 1.24 bits per heavy atom. The van der Waals surface area contributed by atoms with Gasteiger partial charge in [-0.05, 0) is 69.8 Å². The van der Waals surface area contributed by atoms with Gasteiger partial charge in [-0.1, -0.05) is 0 Å². The maximum absolute atomic E-state index is 13.2. The molecule has 1 saturated heterocycles. The van der Waals surface area contributed by atoms with E-state index in [1.54, 1.807) is 12.3 Å². The molecule has 3 atom stereocenters. The molecule has 9 nitrogen and oxygen atoms in total. The summed E-state index contributed by atoms with van der Waals surface area (Å²) in [4.78, 5) is 26.8. The minimum absolute atomic E-state index is 0.122. The lowest BCUT2D eigenvalue weighted by Crippen LogP contribution is -2.61. The van der Waals surface area contributed by atoms with E-state index in [9.17, 15) is 9.90 Å². The Balaban J connectivity index is 1.14. The lowest BCUT2D eigenvalue weighted by atomic mass is 9.52. The number of rotatable bonds is 4. The third-order valence-electron chi connectivity index (χ3n) is 8.44. The summed E-state index contributed by atoms with van der Waals surface area (Å²) in [5.74, 6) is 1.87. The van der Waals surface area contributed by atoms with Crippen molar-refractivity contribution in [2.75, 3.05) is 29.4 Å². The number of nitrogens with one attached hydrogen (secondary N) is 2. The number of anilines is 2. The van der Waals surface area contributed by atoms with Crippen molar-refractivity contribution in [2.24, 2.45) is 17.8 Å². The zero-order chi connectivity index (χ0) is 22.7. The van der Waals surface area contributed by atoms with Gasteiger partial charge in [0.05, 0.1) is 17.0 Å². The van der Waals surface area contributed by atoms with Crippen molar-refractivity contribution in [3.63, 3.8) is 0 Å². The highest BCUT2D eigenvalue weighted by Gasteiger charge is 2.55. The Morgan fingerprint density at radius 2 is 2.03 bits per heavy atom. The summed E-state index contributed by atoms with van der Waals surface area (Å²) in [6, 6.07) is 2.06. The monoisotopic (exact) mass is 451 g/mol. The highest BCUT2D eigenvalue weighted by Crippen LogP contribution is 2.55. The molecular weight excluding hydrogens is 418 g/mol. The van der Waals surface area contributed by atoms with Crippen LogP contribution >= 0.6 is 0 Å². The first-order valence-corrected chi connectivity index (χ1v) is 12.3. The van der Waals surface area contributed by atoms with E-state index in [2.05, 4.69) is 42.2 Å². The van der Waals surface area contributed by atoms with Gasteiger partial charge in [0, 0.05) is 44.1 Å². The maximum Gasteiger partial charge on any atom is 0.270 e. The number of hydrogen-bond acceptors (Lipinski definition) is 7. The van der Waals surface area contributed by atoms with Crippen LogP contribution in [-0.4, -0.2) is 68.5 Å². The van der Waals surface area contributed by atoms with Crippen LogP contribution in [0.5, 0.6) is 0 Å². The molecule has 4 aliphatic carbocycles. The van der Waals surface area contributed by atoms with E-state index >= 15 is 0 Å². The van der Waals surface area contributed by atoms with Gasteiger partial charge >= 0.3 is 0 Å². The second kappa shape index (κ2) is 7.68. The number of carbonyl (C=O) groups excluding carboxylic acids is 1. The van der Waals surface area contributed by atoms with Crippen molar-refractivity contribution in [1.82, 2.24) is 25.5 Å². The fraction of sp³-hybridized carbons (Fsp3) is 0.667. The van der Waals surface area contributed by atoms with E-state index in [1.807, 2.05) is 13.1 Å². The van der Waals surface area contributed by atoms with Crippen LogP contribution < -0.4 is 15.1 Å². The molecule has 4 bridgehead atoms. The smallest absolute Gasteiger partial charge is 0.270 e. The molecule has 4 saturated carbocycles. The first-order valence-electron chi connectivity index (χ1n) is 12.3. The van der Waals surface area contributed by atoms with Crippen LogP contribution in [0.25, 0.3) is 0 Å². The van der Waals surface area contributed by atoms with Crippen molar-refractivity contribution < 1.29 is 9.90 Å². The molecule has 5 fully saturated rings. The lowest BCUT2D eigenvalue weighted by molar-refractivity contribution is -0.136. The lowest BCUT2D eigenvalue weighted by Gasteiger charge is -2.58. The molecule has 3 heterocycles. The second-order valence-electron chi connectivity index (χ2n) is 10.8. The van der Waals surface area contributed by atoms with Gasteiger partial charge in [0.15, 0.2) is 0 Å². The number of H-pyrrole nitrogens is 1. The SMILES string of the molecule is Cc1n[nH]cc1N1CCN(c2nccc(C(=O)NC3C4CC5CC3CC(O)(C5)C4)n2)[C@H](C)C1. The Bertz CT molecular complexity index is 1040. The van der Waals surface area contributed by atoms with Gasteiger partial charge < -0.3 is 20.2 Å². The number of carbonyl (C=O) groups is 1. The Hall–Kier alpha value is -2.68. The molecule has 1 aliphatic heterocycles. The molecule has 5 aliphatic rings. The number of nitrogens with zero attached hydrogens (tertiary/aromatic N) is 5. The van der Waals surface area contributed by atoms with Crippen LogP contribution in [0.1, 0.15) is 55.2 Å².